The Hall–Kier alpha value is -2.30. The summed E-state index contributed by atoms with van der Waals surface area (Å²) < 4.78 is 6.94. The van der Waals surface area contributed by atoms with Crippen molar-refractivity contribution >= 4 is 5.91 Å². The first-order valence-corrected chi connectivity index (χ1v) is 7.12. The van der Waals surface area contributed by atoms with Crippen LogP contribution in [0.15, 0.2) is 30.3 Å². The van der Waals surface area contributed by atoms with Gasteiger partial charge in [0.1, 0.15) is 5.75 Å². The summed E-state index contributed by atoms with van der Waals surface area (Å²) in [6, 6.07) is 9.50. The Bertz CT molecular complexity index is 620. The molecule has 1 amide bonds. The van der Waals surface area contributed by atoms with Gasteiger partial charge in [-0.2, -0.15) is 5.10 Å². The Morgan fingerprint density at radius 2 is 2.19 bits per heavy atom. The highest BCUT2D eigenvalue weighted by molar-refractivity contribution is 5.93. The monoisotopic (exact) mass is 287 g/mol. The lowest BCUT2D eigenvalue weighted by Crippen LogP contribution is -2.24. The molecule has 0 radical (unpaired) electrons. The van der Waals surface area contributed by atoms with Gasteiger partial charge in [0.05, 0.1) is 12.8 Å². The van der Waals surface area contributed by atoms with E-state index in [-0.39, 0.29) is 5.91 Å². The van der Waals surface area contributed by atoms with E-state index < -0.39 is 0 Å². The van der Waals surface area contributed by atoms with E-state index >= 15 is 0 Å². The first-order valence-electron chi connectivity index (χ1n) is 7.12. The molecule has 5 nitrogen and oxygen atoms in total. The van der Waals surface area contributed by atoms with E-state index in [1.54, 1.807) is 17.9 Å². The van der Waals surface area contributed by atoms with Crippen LogP contribution in [0.1, 0.15) is 30.3 Å². The standard InChI is InChI=1S/C16H21N3O2/c1-4-5-9-17-16(20)14-11-15(19(2)18-14)12-7-6-8-13(10-12)21-3/h6-8,10-11H,4-5,9H2,1-3H3,(H,17,20). The zero-order valence-electron chi connectivity index (χ0n) is 12.7. The number of aromatic nitrogens is 2. The molecule has 2 aromatic rings. The van der Waals surface area contributed by atoms with E-state index in [4.69, 9.17) is 4.74 Å². The number of methoxy groups -OCH3 is 1. The smallest absolute Gasteiger partial charge is 0.271 e. The quantitative estimate of drug-likeness (QED) is 0.831. The number of ether oxygens (including phenoxy) is 1. The van der Waals surface area contributed by atoms with Gasteiger partial charge >= 0.3 is 0 Å². The normalized spacial score (nSPS) is 10.4. The van der Waals surface area contributed by atoms with Gasteiger partial charge in [0.2, 0.25) is 0 Å². The van der Waals surface area contributed by atoms with Crippen molar-refractivity contribution in [3.8, 4) is 17.0 Å². The van der Waals surface area contributed by atoms with Crippen LogP contribution in [0, 0.1) is 0 Å². The van der Waals surface area contributed by atoms with Gasteiger partial charge < -0.3 is 10.1 Å². The molecule has 1 N–H and O–H groups in total. The molecule has 0 aliphatic heterocycles. The second-order valence-corrected chi connectivity index (χ2v) is 4.88. The number of rotatable bonds is 6. The number of nitrogens with zero attached hydrogens (tertiary/aromatic N) is 2. The fraction of sp³-hybridized carbons (Fsp3) is 0.375. The molecular weight excluding hydrogens is 266 g/mol. The molecule has 0 bridgehead atoms. The minimum absolute atomic E-state index is 0.131. The van der Waals surface area contributed by atoms with Crippen LogP contribution >= 0.6 is 0 Å². The molecule has 0 saturated carbocycles. The van der Waals surface area contributed by atoms with Gasteiger partial charge in [-0.3, -0.25) is 9.48 Å². The Labute approximate surface area is 124 Å². The summed E-state index contributed by atoms with van der Waals surface area (Å²) in [5.41, 5.74) is 2.29. The van der Waals surface area contributed by atoms with Gasteiger partial charge in [0.25, 0.3) is 5.91 Å². The van der Waals surface area contributed by atoms with Crippen molar-refractivity contribution in [2.75, 3.05) is 13.7 Å². The van der Waals surface area contributed by atoms with E-state index in [0.29, 0.717) is 12.2 Å². The molecule has 5 heteroatoms. The lowest BCUT2D eigenvalue weighted by molar-refractivity contribution is 0.0947. The summed E-state index contributed by atoms with van der Waals surface area (Å²) in [4.78, 5) is 12.0. The van der Waals surface area contributed by atoms with Gasteiger partial charge in [0, 0.05) is 19.2 Å². The van der Waals surface area contributed by atoms with Crippen LogP contribution in [0.4, 0.5) is 0 Å². The second kappa shape index (κ2) is 6.92. The second-order valence-electron chi connectivity index (χ2n) is 4.88. The highest BCUT2D eigenvalue weighted by Gasteiger charge is 2.13. The summed E-state index contributed by atoms with van der Waals surface area (Å²) in [7, 11) is 3.46. The van der Waals surface area contributed by atoms with Crippen molar-refractivity contribution < 1.29 is 9.53 Å². The van der Waals surface area contributed by atoms with Crippen LogP contribution in [-0.2, 0) is 7.05 Å². The summed E-state index contributed by atoms with van der Waals surface area (Å²) in [5.74, 6) is 0.649. The van der Waals surface area contributed by atoms with Crippen LogP contribution in [0.25, 0.3) is 11.3 Å². The van der Waals surface area contributed by atoms with Crippen LogP contribution < -0.4 is 10.1 Å². The predicted molar refractivity (Wildman–Crippen MR) is 82.4 cm³/mol. The first kappa shape index (κ1) is 15.1. The number of carbonyl (C=O) groups excluding carboxylic acids is 1. The number of unbranched alkanes of at least 4 members (excludes halogenated alkanes) is 1. The molecule has 0 spiro atoms. The minimum Gasteiger partial charge on any atom is -0.497 e. The van der Waals surface area contributed by atoms with Crippen molar-refractivity contribution in [3.05, 3.63) is 36.0 Å². The molecule has 0 fully saturated rings. The number of amides is 1. The molecule has 1 heterocycles. The summed E-state index contributed by atoms with van der Waals surface area (Å²) in [5, 5.41) is 7.16. The molecular formula is C16H21N3O2. The van der Waals surface area contributed by atoms with E-state index in [1.807, 2.05) is 31.3 Å². The number of hydrogen-bond acceptors (Lipinski definition) is 3. The molecule has 0 aliphatic rings. The van der Waals surface area contributed by atoms with Crippen LogP contribution in [0.5, 0.6) is 5.75 Å². The average molecular weight is 287 g/mol. The molecule has 21 heavy (non-hydrogen) atoms. The maximum atomic E-state index is 12.0. The SMILES string of the molecule is CCCCNC(=O)c1cc(-c2cccc(OC)c2)n(C)n1. The number of carbonyl (C=O) groups is 1. The van der Waals surface area contributed by atoms with E-state index in [1.165, 1.54) is 0 Å². The van der Waals surface area contributed by atoms with Gasteiger partial charge in [-0.05, 0) is 24.6 Å². The fourth-order valence-electron chi connectivity index (χ4n) is 2.10. The maximum absolute atomic E-state index is 12.0. The van der Waals surface area contributed by atoms with E-state index in [2.05, 4.69) is 17.3 Å². The fourth-order valence-corrected chi connectivity index (χ4v) is 2.10. The van der Waals surface area contributed by atoms with Gasteiger partial charge in [-0.25, -0.2) is 0 Å². The van der Waals surface area contributed by atoms with Crippen LogP contribution in [0.2, 0.25) is 0 Å². The van der Waals surface area contributed by atoms with Gasteiger partial charge in [-0.15, -0.1) is 0 Å². The third-order valence-electron chi connectivity index (χ3n) is 3.29. The third kappa shape index (κ3) is 3.62. The zero-order chi connectivity index (χ0) is 15.2. The van der Waals surface area contributed by atoms with Crippen LogP contribution in [-0.4, -0.2) is 29.3 Å². The lowest BCUT2D eigenvalue weighted by Gasteiger charge is -2.04. The van der Waals surface area contributed by atoms with Crippen LogP contribution in [0.3, 0.4) is 0 Å². The van der Waals surface area contributed by atoms with Gasteiger partial charge in [-0.1, -0.05) is 25.5 Å². The summed E-state index contributed by atoms with van der Waals surface area (Å²) in [6.45, 7) is 2.77. The molecule has 1 aromatic carbocycles. The van der Waals surface area contributed by atoms with E-state index in [9.17, 15) is 4.79 Å². The lowest BCUT2D eigenvalue weighted by atomic mass is 10.1. The maximum Gasteiger partial charge on any atom is 0.271 e. The predicted octanol–water partition coefficient (Wildman–Crippen LogP) is 2.63. The number of aryl methyl sites for hydroxylation is 1. The van der Waals surface area contributed by atoms with Crippen molar-refractivity contribution in [1.82, 2.24) is 15.1 Å². The van der Waals surface area contributed by atoms with Gasteiger partial charge in [0.15, 0.2) is 5.69 Å². The highest BCUT2D eigenvalue weighted by Crippen LogP contribution is 2.24. The van der Waals surface area contributed by atoms with Crippen molar-refractivity contribution in [3.63, 3.8) is 0 Å². The molecule has 0 unspecified atom stereocenters. The Kier molecular flexibility index (Phi) is 4.98. The number of hydrogen-bond donors (Lipinski definition) is 1. The number of nitrogens with one attached hydrogen (secondary N) is 1. The summed E-state index contributed by atoms with van der Waals surface area (Å²) >= 11 is 0. The molecule has 1 aromatic heterocycles. The first-order chi connectivity index (χ1) is 10.2. The zero-order valence-corrected chi connectivity index (χ0v) is 12.7. The van der Waals surface area contributed by atoms with Crippen molar-refractivity contribution in [1.29, 1.82) is 0 Å². The molecule has 0 saturated heterocycles. The molecule has 2 rings (SSSR count). The Morgan fingerprint density at radius 1 is 1.38 bits per heavy atom. The Morgan fingerprint density at radius 3 is 2.90 bits per heavy atom. The highest BCUT2D eigenvalue weighted by atomic mass is 16.5. The van der Waals surface area contributed by atoms with E-state index in [0.717, 1.165) is 29.8 Å². The Balaban J connectivity index is 2.20. The van der Waals surface area contributed by atoms with Crippen molar-refractivity contribution in [2.24, 2.45) is 7.05 Å². The largest absolute Gasteiger partial charge is 0.497 e. The molecule has 0 aliphatic carbocycles. The minimum atomic E-state index is -0.131. The topological polar surface area (TPSA) is 56.1 Å². The molecule has 112 valence electrons. The average Bonchev–Trinajstić information content (AvgIpc) is 2.89. The number of benzene rings is 1. The third-order valence-corrected chi connectivity index (χ3v) is 3.29. The summed E-state index contributed by atoms with van der Waals surface area (Å²) in [6.07, 6.45) is 2.03. The molecule has 0 atom stereocenters. The van der Waals surface area contributed by atoms with Crippen molar-refractivity contribution in [2.45, 2.75) is 19.8 Å².